The largest absolute Gasteiger partial charge is 0.197 e. The molecule has 1 aromatic carbocycles. The Morgan fingerprint density at radius 2 is 1.95 bits per heavy atom. The highest BCUT2D eigenvalue weighted by atomic mass is 32.2. The van der Waals surface area contributed by atoms with Crippen LogP contribution in [0.3, 0.4) is 0 Å². The summed E-state index contributed by atoms with van der Waals surface area (Å²) in [6.45, 7) is 0. The predicted octanol–water partition coefficient (Wildman–Crippen LogP) is 4.68. The van der Waals surface area contributed by atoms with Crippen molar-refractivity contribution < 1.29 is 0 Å². The minimum atomic E-state index is -0.147. The van der Waals surface area contributed by atoms with Crippen LogP contribution in [0.15, 0.2) is 30.3 Å². The van der Waals surface area contributed by atoms with Crippen LogP contribution in [-0.4, -0.2) is 10.5 Å². The van der Waals surface area contributed by atoms with Gasteiger partial charge >= 0.3 is 0 Å². The molecule has 1 aliphatic carbocycles. The highest BCUT2D eigenvalue weighted by molar-refractivity contribution is 8.00. The fourth-order valence-corrected chi connectivity index (χ4v) is 5.17. The normalized spacial score (nSPS) is 30.2. The van der Waals surface area contributed by atoms with E-state index >= 15 is 0 Å². The smallest absolute Gasteiger partial charge is 0.0823 e. The molecule has 0 radical (unpaired) electrons. The van der Waals surface area contributed by atoms with E-state index in [1.54, 1.807) is 0 Å². The van der Waals surface area contributed by atoms with Crippen LogP contribution in [0.2, 0.25) is 0 Å². The van der Waals surface area contributed by atoms with Crippen LogP contribution in [0.25, 0.3) is 5.57 Å². The summed E-state index contributed by atoms with van der Waals surface area (Å²) >= 11 is 2.17. The number of hydrogen-bond donors (Lipinski definition) is 0. The SMILES string of the molecule is N#CC1(c2ccc(C3=CC4CCCC(C3)S4)cc2)CC1. The lowest BCUT2D eigenvalue weighted by Gasteiger charge is -2.33. The number of benzene rings is 1. The Morgan fingerprint density at radius 3 is 2.60 bits per heavy atom. The van der Waals surface area contributed by atoms with Gasteiger partial charge in [0.15, 0.2) is 0 Å². The Kier molecular flexibility index (Phi) is 2.93. The molecule has 3 aliphatic rings. The first-order valence-electron chi connectivity index (χ1n) is 7.67. The van der Waals surface area contributed by atoms with E-state index in [1.807, 2.05) is 0 Å². The van der Waals surface area contributed by atoms with Crippen LogP contribution in [0.4, 0.5) is 0 Å². The van der Waals surface area contributed by atoms with E-state index in [4.69, 9.17) is 0 Å². The van der Waals surface area contributed by atoms with Crippen LogP contribution < -0.4 is 0 Å². The summed E-state index contributed by atoms with van der Waals surface area (Å²) in [5, 5.41) is 10.9. The molecule has 1 nitrogen and oxygen atoms in total. The molecule has 0 amide bonds. The molecule has 2 heterocycles. The molecule has 2 aliphatic heterocycles. The number of thioether (sulfide) groups is 1. The van der Waals surface area contributed by atoms with Gasteiger partial charge in [-0.1, -0.05) is 36.8 Å². The summed E-state index contributed by atoms with van der Waals surface area (Å²) in [6, 6.07) is 11.3. The van der Waals surface area contributed by atoms with Gasteiger partial charge in [-0.3, -0.25) is 0 Å². The molecule has 2 fully saturated rings. The Labute approximate surface area is 125 Å². The Balaban J connectivity index is 1.60. The second kappa shape index (κ2) is 4.67. The fourth-order valence-electron chi connectivity index (χ4n) is 3.55. The highest BCUT2D eigenvalue weighted by Gasteiger charge is 2.44. The maximum Gasteiger partial charge on any atom is 0.0823 e. The minimum Gasteiger partial charge on any atom is -0.197 e. The van der Waals surface area contributed by atoms with Crippen LogP contribution in [0.1, 0.15) is 49.7 Å². The van der Waals surface area contributed by atoms with Gasteiger partial charge in [0.05, 0.1) is 11.5 Å². The molecule has 2 atom stereocenters. The van der Waals surface area contributed by atoms with Gasteiger partial charge in [0, 0.05) is 10.5 Å². The first-order valence-corrected chi connectivity index (χ1v) is 8.62. The highest BCUT2D eigenvalue weighted by Crippen LogP contribution is 2.48. The third kappa shape index (κ3) is 2.09. The number of rotatable bonds is 2. The van der Waals surface area contributed by atoms with E-state index in [2.05, 4.69) is 48.2 Å². The van der Waals surface area contributed by atoms with Crippen molar-refractivity contribution in [3.8, 4) is 6.07 Å². The topological polar surface area (TPSA) is 23.8 Å². The molecule has 0 aromatic heterocycles. The third-order valence-corrected chi connectivity index (χ3v) is 6.50. The monoisotopic (exact) mass is 281 g/mol. The molecular weight excluding hydrogens is 262 g/mol. The Bertz CT molecular complexity index is 589. The zero-order chi connectivity index (χ0) is 13.6. The zero-order valence-electron chi connectivity index (χ0n) is 11.6. The van der Waals surface area contributed by atoms with Gasteiger partial charge in [0.1, 0.15) is 0 Å². The van der Waals surface area contributed by atoms with E-state index < -0.39 is 0 Å². The van der Waals surface area contributed by atoms with Crippen LogP contribution in [-0.2, 0) is 5.41 Å². The number of nitrogens with zero attached hydrogens (tertiary/aromatic N) is 1. The molecule has 4 rings (SSSR count). The second-order valence-electron chi connectivity index (χ2n) is 6.39. The summed E-state index contributed by atoms with van der Waals surface area (Å²) in [6.07, 6.45) is 9.92. The number of allylic oxidation sites excluding steroid dienone is 1. The molecule has 0 N–H and O–H groups in total. The van der Waals surface area contributed by atoms with E-state index in [9.17, 15) is 5.26 Å². The standard InChI is InChI=1S/C18H19NS/c19-12-18(8-9-18)15-6-4-13(5-7-15)14-10-16-2-1-3-17(11-14)20-16/h4-7,10,16-17H,1-3,8-9,11H2. The van der Waals surface area contributed by atoms with Gasteiger partial charge < -0.3 is 0 Å². The number of fused-ring (bicyclic) bond motifs is 2. The van der Waals surface area contributed by atoms with Crippen molar-refractivity contribution in [2.75, 3.05) is 0 Å². The van der Waals surface area contributed by atoms with E-state index in [1.165, 1.54) is 42.4 Å². The Morgan fingerprint density at radius 1 is 1.15 bits per heavy atom. The van der Waals surface area contributed by atoms with Gasteiger partial charge in [0.2, 0.25) is 0 Å². The summed E-state index contributed by atoms with van der Waals surface area (Å²) in [7, 11) is 0. The van der Waals surface area contributed by atoms with Crippen molar-refractivity contribution in [1.29, 1.82) is 5.26 Å². The molecule has 0 spiro atoms. The lowest BCUT2D eigenvalue weighted by Crippen LogP contribution is -2.21. The second-order valence-corrected chi connectivity index (χ2v) is 7.94. The average Bonchev–Trinajstić information content (AvgIpc) is 3.28. The molecule has 2 heteroatoms. The number of nitriles is 1. The van der Waals surface area contributed by atoms with Gasteiger partial charge in [0.25, 0.3) is 0 Å². The zero-order valence-corrected chi connectivity index (χ0v) is 12.5. The van der Waals surface area contributed by atoms with Crippen molar-refractivity contribution >= 4 is 17.3 Å². The summed E-state index contributed by atoms with van der Waals surface area (Å²) < 4.78 is 0. The van der Waals surface area contributed by atoms with Crippen molar-refractivity contribution in [1.82, 2.24) is 0 Å². The summed E-state index contributed by atoms with van der Waals surface area (Å²) in [5.41, 5.74) is 3.98. The molecule has 102 valence electrons. The van der Waals surface area contributed by atoms with Crippen molar-refractivity contribution in [3.05, 3.63) is 41.5 Å². The van der Waals surface area contributed by atoms with Gasteiger partial charge in [-0.25, -0.2) is 0 Å². The lowest BCUT2D eigenvalue weighted by atomic mass is 9.91. The number of hydrogen-bond acceptors (Lipinski definition) is 2. The van der Waals surface area contributed by atoms with Gasteiger partial charge in [-0.15, -0.1) is 0 Å². The predicted molar refractivity (Wildman–Crippen MR) is 84.6 cm³/mol. The van der Waals surface area contributed by atoms with Crippen molar-refractivity contribution in [2.24, 2.45) is 0 Å². The first-order chi connectivity index (χ1) is 9.79. The third-order valence-electron chi connectivity index (χ3n) is 4.99. The van der Waals surface area contributed by atoms with Crippen molar-refractivity contribution in [3.63, 3.8) is 0 Å². The summed E-state index contributed by atoms with van der Waals surface area (Å²) in [5.74, 6) is 0. The van der Waals surface area contributed by atoms with Gasteiger partial charge in [-0.05, 0) is 48.8 Å². The maximum atomic E-state index is 9.27. The molecule has 20 heavy (non-hydrogen) atoms. The first kappa shape index (κ1) is 12.5. The average molecular weight is 281 g/mol. The maximum absolute atomic E-state index is 9.27. The van der Waals surface area contributed by atoms with E-state index in [0.29, 0.717) is 0 Å². The quantitative estimate of drug-likeness (QED) is 0.785. The van der Waals surface area contributed by atoms with Crippen LogP contribution >= 0.6 is 11.8 Å². The molecule has 1 saturated carbocycles. The fraction of sp³-hybridized carbons (Fsp3) is 0.500. The molecule has 1 aromatic rings. The summed E-state index contributed by atoms with van der Waals surface area (Å²) in [4.78, 5) is 0. The van der Waals surface area contributed by atoms with Crippen molar-refractivity contribution in [2.45, 2.75) is 54.4 Å². The molecular formula is C18H19NS. The molecule has 2 bridgehead atoms. The Hall–Kier alpha value is -1.20. The van der Waals surface area contributed by atoms with Crippen LogP contribution in [0.5, 0.6) is 0 Å². The lowest BCUT2D eigenvalue weighted by molar-refractivity contribution is 0.630. The minimum absolute atomic E-state index is 0.147. The van der Waals surface area contributed by atoms with E-state index in [0.717, 1.165) is 23.3 Å². The molecule has 1 saturated heterocycles. The van der Waals surface area contributed by atoms with Crippen LogP contribution in [0, 0.1) is 11.3 Å². The van der Waals surface area contributed by atoms with E-state index in [-0.39, 0.29) is 5.41 Å². The molecule has 2 unspecified atom stereocenters. The van der Waals surface area contributed by atoms with Gasteiger partial charge in [-0.2, -0.15) is 17.0 Å².